The van der Waals surface area contributed by atoms with Gasteiger partial charge in [0, 0.05) is 12.7 Å². The molecule has 0 unspecified atom stereocenters. The summed E-state index contributed by atoms with van der Waals surface area (Å²) in [5, 5.41) is 0. The molecule has 2 aromatic heterocycles. The van der Waals surface area contributed by atoms with Crippen molar-refractivity contribution in [3.05, 3.63) is 72.1 Å². The molecule has 0 amide bonds. The highest BCUT2D eigenvalue weighted by Gasteiger charge is 2.18. The van der Waals surface area contributed by atoms with E-state index in [2.05, 4.69) is 9.71 Å². The normalized spacial score (nSPS) is 11.6. The Balaban J connectivity index is 1.84. The van der Waals surface area contributed by atoms with E-state index in [0.29, 0.717) is 23.1 Å². The predicted octanol–water partition coefficient (Wildman–Crippen LogP) is 3.10. The number of nitrogens with zero attached hydrogens (tertiary/aromatic N) is 1. The van der Waals surface area contributed by atoms with Gasteiger partial charge in [-0.2, -0.15) is 0 Å². The van der Waals surface area contributed by atoms with Gasteiger partial charge in [-0.1, -0.05) is 6.07 Å². The SMILES string of the molecule is O=S(=O)(NCc1cccnc1-c1ccco1)c1ccc(F)c(F)c1. The fraction of sp³-hybridized carbons (Fsp3) is 0.0625. The van der Waals surface area contributed by atoms with E-state index in [0.717, 1.165) is 12.1 Å². The third-order valence-electron chi connectivity index (χ3n) is 3.30. The number of rotatable bonds is 5. The van der Waals surface area contributed by atoms with E-state index in [1.807, 2.05) is 0 Å². The van der Waals surface area contributed by atoms with E-state index in [4.69, 9.17) is 4.42 Å². The van der Waals surface area contributed by atoms with Gasteiger partial charge in [0.05, 0.1) is 11.2 Å². The number of furan rings is 1. The van der Waals surface area contributed by atoms with Crippen molar-refractivity contribution in [3.8, 4) is 11.5 Å². The molecule has 0 atom stereocenters. The van der Waals surface area contributed by atoms with Crippen molar-refractivity contribution in [2.75, 3.05) is 0 Å². The third-order valence-corrected chi connectivity index (χ3v) is 4.70. The Morgan fingerprint density at radius 1 is 1.08 bits per heavy atom. The van der Waals surface area contributed by atoms with Crippen LogP contribution in [0.3, 0.4) is 0 Å². The fourth-order valence-corrected chi connectivity index (χ4v) is 3.13. The van der Waals surface area contributed by atoms with E-state index in [1.54, 1.807) is 30.5 Å². The van der Waals surface area contributed by atoms with E-state index < -0.39 is 21.7 Å². The van der Waals surface area contributed by atoms with Crippen LogP contribution in [-0.4, -0.2) is 13.4 Å². The maximum atomic E-state index is 13.2. The molecule has 8 heteroatoms. The van der Waals surface area contributed by atoms with Crippen molar-refractivity contribution in [2.24, 2.45) is 0 Å². The topological polar surface area (TPSA) is 72.2 Å². The standard InChI is InChI=1S/C16H12F2N2O3S/c17-13-6-5-12(9-14(13)18)24(21,22)20-10-11-3-1-7-19-16(11)15-4-2-8-23-15/h1-9,20H,10H2. The van der Waals surface area contributed by atoms with Crippen LogP contribution in [0.25, 0.3) is 11.5 Å². The Morgan fingerprint density at radius 3 is 2.62 bits per heavy atom. The van der Waals surface area contributed by atoms with Crippen molar-refractivity contribution in [2.45, 2.75) is 11.4 Å². The largest absolute Gasteiger partial charge is 0.463 e. The summed E-state index contributed by atoms with van der Waals surface area (Å²) in [4.78, 5) is 3.83. The molecule has 0 saturated heterocycles. The van der Waals surface area contributed by atoms with Gasteiger partial charge in [0.1, 0.15) is 5.69 Å². The average molecular weight is 350 g/mol. The first-order chi connectivity index (χ1) is 11.5. The molecule has 1 N–H and O–H groups in total. The van der Waals surface area contributed by atoms with Crippen molar-refractivity contribution in [3.63, 3.8) is 0 Å². The third kappa shape index (κ3) is 3.34. The number of sulfonamides is 1. The molecule has 0 fully saturated rings. The van der Waals surface area contributed by atoms with Gasteiger partial charge in [0.2, 0.25) is 10.0 Å². The molecule has 0 aliphatic heterocycles. The Bertz CT molecular complexity index is 957. The Hall–Kier alpha value is -2.58. The van der Waals surface area contributed by atoms with Crippen LogP contribution in [0.15, 0.2) is 64.2 Å². The molecule has 3 rings (SSSR count). The van der Waals surface area contributed by atoms with Crippen LogP contribution in [0.1, 0.15) is 5.56 Å². The minimum absolute atomic E-state index is 0.0782. The fourth-order valence-electron chi connectivity index (χ4n) is 2.12. The van der Waals surface area contributed by atoms with Crippen molar-refractivity contribution < 1.29 is 21.6 Å². The summed E-state index contributed by atoms with van der Waals surface area (Å²) in [6, 6.07) is 9.15. The number of halogens is 2. The van der Waals surface area contributed by atoms with Crippen molar-refractivity contribution in [1.29, 1.82) is 0 Å². The summed E-state index contributed by atoms with van der Waals surface area (Å²) in [6.07, 6.45) is 3.05. The van der Waals surface area contributed by atoms with Crippen LogP contribution in [-0.2, 0) is 16.6 Å². The molecule has 0 saturated carbocycles. The van der Waals surface area contributed by atoms with Crippen molar-refractivity contribution in [1.82, 2.24) is 9.71 Å². The van der Waals surface area contributed by atoms with Crippen LogP contribution in [0, 0.1) is 11.6 Å². The van der Waals surface area contributed by atoms with Crippen molar-refractivity contribution >= 4 is 10.0 Å². The Morgan fingerprint density at radius 2 is 1.92 bits per heavy atom. The summed E-state index contributed by atoms with van der Waals surface area (Å²) in [5.74, 6) is -1.84. The highest BCUT2D eigenvalue weighted by Crippen LogP contribution is 2.22. The monoisotopic (exact) mass is 350 g/mol. The molecule has 24 heavy (non-hydrogen) atoms. The van der Waals surface area contributed by atoms with Crippen LogP contribution in [0.5, 0.6) is 0 Å². The lowest BCUT2D eigenvalue weighted by Crippen LogP contribution is -2.23. The quantitative estimate of drug-likeness (QED) is 0.767. The highest BCUT2D eigenvalue weighted by molar-refractivity contribution is 7.89. The van der Waals surface area contributed by atoms with Gasteiger partial charge < -0.3 is 4.42 Å². The minimum atomic E-state index is -4.00. The molecular formula is C16H12F2N2O3S. The maximum absolute atomic E-state index is 13.2. The van der Waals surface area contributed by atoms with E-state index in [-0.39, 0.29) is 11.4 Å². The molecular weight excluding hydrogens is 338 g/mol. The van der Waals surface area contributed by atoms with Crippen LogP contribution in [0.2, 0.25) is 0 Å². The van der Waals surface area contributed by atoms with Gasteiger partial charge in [0.15, 0.2) is 17.4 Å². The first kappa shape index (κ1) is 16.3. The second-order valence-corrected chi connectivity index (χ2v) is 6.66. The highest BCUT2D eigenvalue weighted by atomic mass is 32.2. The van der Waals surface area contributed by atoms with Crippen LogP contribution < -0.4 is 4.72 Å². The predicted molar refractivity (Wildman–Crippen MR) is 82.3 cm³/mol. The second-order valence-electron chi connectivity index (χ2n) is 4.89. The summed E-state index contributed by atoms with van der Waals surface area (Å²) < 4.78 is 58.2. The average Bonchev–Trinajstić information content (AvgIpc) is 3.10. The molecule has 5 nitrogen and oxygen atoms in total. The number of aromatic nitrogens is 1. The molecule has 0 spiro atoms. The molecule has 0 aliphatic carbocycles. The first-order valence-corrected chi connectivity index (χ1v) is 8.38. The summed E-state index contributed by atoms with van der Waals surface area (Å²) >= 11 is 0. The Labute approximate surface area is 137 Å². The summed E-state index contributed by atoms with van der Waals surface area (Å²) in [6.45, 7) is -0.0782. The van der Waals surface area contributed by atoms with Gasteiger partial charge in [-0.25, -0.2) is 21.9 Å². The van der Waals surface area contributed by atoms with Gasteiger partial charge >= 0.3 is 0 Å². The Kier molecular flexibility index (Phi) is 4.41. The smallest absolute Gasteiger partial charge is 0.240 e. The van der Waals surface area contributed by atoms with Gasteiger partial charge in [-0.05, 0) is 42.0 Å². The zero-order chi connectivity index (χ0) is 17.2. The molecule has 3 aromatic rings. The lowest BCUT2D eigenvalue weighted by atomic mass is 10.1. The molecule has 0 aliphatic rings. The number of pyridine rings is 1. The first-order valence-electron chi connectivity index (χ1n) is 6.90. The van der Waals surface area contributed by atoms with E-state index in [1.165, 1.54) is 6.26 Å². The molecule has 0 bridgehead atoms. The number of benzene rings is 1. The lowest BCUT2D eigenvalue weighted by molar-refractivity contribution is 0.504. The molecule has 1 aromatic carbocycles. The van der Waals surface area contributed by atoms with Crippen LogP contribution in [0.4, 0.5) is 8.78 Å². The van der Waals surface area contributed by atoms with Gasteiger partial charge in [-0.15, -0.1) is 0 Å². The summed E-state index contributed by atoms with van der Waals surface area (Å²) in [5.41, 5.74) is 1.08. The maximum Gasteiger partial charge on any atom is 0.240 e. The number of hydrogen-bond acceptors (Lipinski definition) is 4. The molecule has 124 valence electrons. The molecule has 0 radical (unpaired) electrons. The van der Waals surface area contributed by atoms with Gasteiger partial charge in [-0.3, -0.25) is 4.98 Å². The van der Waals surface area contributed by atoms with E-state index >= 15 is 0 Å². The minimum Gasteiger partial charge on any atom is -0.463 e. The number of nitrogens with one attached hydrogen (secondary N) is 1. The zero-order valence-corrected chi connectivity index (χ0v) is 13.1. The van der Waals surface area contributed by atoms with Gasteiger partial charge in [0.25, 0.3) is 0 Å². The number of hydrogen-bond donors (Lipinski definition) is 1. The lowest BCUT2D eigenvalue weighted by Gasteiger charge is -2.09. The second kappa shape index (κ2) is 6.50. The van der Waals surface area contributed by atoms with Crippen LogP contribution >= 0.6 is 0 Å². The molecule has 2 heterocycles. The zero-order valence-electron chi connectivity index (χ0n) is 12.2. The summed E-state index contributed by atoms with van der Waals surface area (Å²) in [7, 11) is -4.00. The van der Waals surface area contributed by atoms with E-state index in [9.17, 15) is 17.2 Å².